The van der Waals surface area contributed by atoms with Crippen molar-refractivity contribution in [1.82, 2.24) is 4.90 Å². The standard InChI is InChI=1S/C13H16N2O5/c1-4-10(13(17)18)14(3)12(16)9-6-5-8(2)11(7-9)15(19)20/h5-7,10H,4H2,1-3H3,(H,17,18). The van der Waals surface area contributed by atoms with Gasteiger partial charge in [0.15, 0.2) is 0 Å². The van der Waals surface area contributed by atoms with Crippen LogP contribution in [0.15, 0.2) is 18.2 Å². The molecule has 0 radical (unpaired) electrons. The molecule has 0 spiro atoms. The van der Waals surface area contributed by atoms with Crippen LogP contribution < -0.4 is 0 Å². The van der Waals surface area contributed by atoms with E-state index in [0.29, 0.717) is 5.56 Å². The van der Waals surface area contributed by atoms with E-state index < -0.39 is 22.8 Å². The van der Waals surface area contributed by atoms with Crippen molar-refractivity contribution >= 4 is 17.6 Å². The monoisotopic (exact) mass is 280 g/mol. The maximum Gasteiger partial charge on any atom is 0.326 e. The lowest BCUT2D eigenvalue weighted by molar-refractivity contribution is -0.385. The van der Waals surface area contributed by atoms with E-state index in [9.17, 15) is 19.7 Å². The molecule has 0 bridgehead atoms. The zero-order valence-corrected chi connectivity index (χ0v) is 11.5. The van der Waals surface area contributed by atoms with Gasteiger partial charge in [0.2, 0.25) is 0 Å². The van der Waals surface area contributed by atoms with E-state index in [1.165, 1.54) is 25.2 Å². The maximum absolute atomic E-state index is 12.2. The third-order valence-corrected chi connectivity index (χ3v) is 3.11. The Balaban J connectivity index is 3.12. The van der Waals surface area contributed by atoms with Crippen molar-refractivity contribution in [2.45, 2.75) is 26.3 Å². The Kier molecular flexibility index (Phi) is 4.79. The summed E-state index contributed by atoms with van der Waals surface area (Å²) in [5.74, 6) is -1.66. The summed E-state index contributed by atoms with van der Waals surface area (Å²) in [7, 11) is 1.37. The summed E-state index contributed by atoms with van der Waals surface area (Å²) in [5, 5.41) is 19.9. The molecule has 1 amide bonds. The number of rotatable bonds is 5. The molecule has 1 N–H and O–H groups in total. The number of hydrogen-bond acceptors (Lipinski definition) is 4. The quantitative estimate of drug-likeness (QED) is 0.655. The Hall–Kier alpha value is -2.44. The molecular weight excluding hydrogens is 264 g/mol. The molecule has 108 valence electrons. The van der Waals surface area contributed by atoms with Gasteiger partial charge in [-0.3, -0.25) is 14.9 Å². The smallest absolute Gasteiger partial charge is 0.326 e. The second-order valence-corrected chi connectivity index (χ2v) is 4.44. The zero-order valence-electron chi connectivity index (χ0n) is 11.5. The van der Waals surface area contributed by atoms with Gasteiger partial charge in [-0.05, 0) is 19.4 Å². The third-order valence-electron chi connectivity index (χ3n) is 3.11. The molecule has 7 nitrogen and oxygen atoms in total. The lowest BCUT2D eigenvalue weighted by atomic mass is 10.1. The van der Waals surface area contributed by atoms with Crippen LogP contribution in [0.3, 0.4) is 0 Å². The number of carbonyl (C=O) groups is 2. The Labute approximate surface area is 116 Å². The number of amides is 1. The maximum atomic E-state index is 12.2. The number of carboxylic acids is 1. The fourth-order valence-electron chi connectivity index (χ4n) is 1.90. The van der Waals surface area contributed by atoms with E-state index in [-0.39, 0.29) is 17.7 Å². The number of carboxylic acid groups (broad SMARTS) is 1. The van der Waals surface area contributed by atoms with Crippen LogP contribution in [0.25, 0.3) is 0 Å². The van der Waals surface area contributed by atoms with Crippen molar-refractivity contribution in [2.75, 3.05) is 7.05 Å². The van der Waals surface area contributed by atoms with E-state index in [2.05, 4.69) is 0 Å². The van der Waals surface area contributed by atoms with E-state index in [1.54, 1.807) is 13.8 Å². The van der Waals surface area contributed by atoms with Crippen LogP contribution in [0.2, 0.25) is 0 Å². The molecular formula is C13H16N2O5. The zero-order chi connectivity index (χ0) is 15.4. The molecule has 0 aliphatic heterocycles. The van der Waals surface area contributed by atoms with Crippen LogP contribution in [-0.4, -0.2) is 39.9 Å². The van der Waals surface area contributed by atoms with Gasteiger partial charge >= 0.3 is 5.97 Å². The van der Waals surface area contributed by atoms with Crippen molar-refractivity contribution in [1.29, 1.82) is 0 Å². The minimum Gasteiger partial charge on any atom is -0.480 e. The van der Waals surface area contributed by atoms with Crippen molar-refractivity contribution in [3.63, 3.8) is 0 Å². The van der Waals surface area contributed by atoms with Gasteiger partial charge in [0, 0.05) is 24.2 Å². The van der Waals surface area contributed by atoms with Crippen LogP contribution >= 0.6 is 0 Å². The third kappa shape index (κ3) is 3.11. The number of carbonyl (C=O) groups excluding carboxylic acids is 1. The molecule has 1 aromatic carbocycles. The molecule has 1 atom stereocenters. The lowest BCUT2D eigenvalue weighted by Gasteiger charge is -2.23. The molecule has 20 heavy (non-hydrogen) atoms. The van der Waals surface area contributed by atoms with Crippen LogP contribution in [-0.2, 0) is 4.79 Å². The first-order valence-corrected chi connectivity index (χ1v) is 6.04. The van der Waals surface area contributed by atoms with Gasteiger partial charge in [-0.2, -0.15) is 0 Å². The summed E-state index contributed by atoms with van der Waals surface area (Å²) in [6.07, 6.45) is 0.255. The lowest BCUT2D eigenvalue weighted by Crippen LogP contribution is -2.41. The molecule has 1 rings (SSSR count). The SMILES string of the molecule is CCC(C(=O)O)N(C)C(=O)c1ccc(C)c([N+](=O)[O-])c1. The van der Waals surface area contributed by atoms with Gasteiger partial charge in [0.05, 0.1) is 4.92 Å². The topological polar surface area (TPSA) is 101 Å². The van der Waals surface area contributed by atoms with Crippen LogP contribution in [0.1, 0.15) is 29.3 Å². The summed E-state index contributed by atoms with van der Waals surface area (Å²) in [6, 6.07) is 3.14. The highest BCUT2D eigenvalue weighted by atomic mass is 16.6. The second kappa shape index (κ2) is 6.14. The summed E-state index contributed by atoms with van der Waals surface area (Å²) < 4.78 is 0. The molecule has 0 saturated heterocycles. The Bertz CT molecular complexity index is 556. The van der Waals surface area contributed by atoms with Gasteiger partial charge in [-0.25, -0.2) is 4.79 Å². The molecule has 0 heterocycles. The van der Waals surface area contributed by atoms with E-state index in [4.69, 9.17) is 5.11 Å². The number of likely N-dealkylation sites (N-methyl/N-ethyl adjacent to an activating group) is 1. The predicted octanol–water partition coefficient (Wildman–Crippen LogP) is 1.84. The van der Waals surface area contributed by atoms with Crippen LogP contribution in [0.4, 0.5) is 5.69 Å². The fraction of sp³-hybridized carbons (Fsp3) is 0.385. The molecule has 0 fully saturated rings. The second-order valence-electron chi connectivity index (χ2n) is 4.44. The Morgan fingerprint density at radius 2 is 2.05 bits per heavy atom. The predicted molar refractivity (Wildman–Crippen MR) is 71.6 cm³/mol. The average Bonchev–Trinajstić information content (AvgIpc) is 2.38. The van der Waals surface area contributed by atoms with Crippen LogP contribution in [0, 0.1) is 17.0 Å². The molecule has 0 aromatic heterocycles. The summed E-state index contributed by atoms with van der Waals surface area (Å²) >= 11 is 0. The highest BCUT2D eigenvalue weighted by Gasteiger charge is 2.26. The van der Waals surface area contributed by atoms with Gasteiger partial charge in [0.25, 0.3) is 11.6 Å². The molecule has 7 heteroatoms. The highest BCUT2D eigenvalue weighted by Crippen LogP contribution is 2.20. The van der Waals surface area contributed by atoms with Gasteiger partial charge in [-0.1, -0.05) is 13.0 Å². The molecule has 1 unspecified atom stereocenters. The number of nitrogens with zero attached hydrogens (tertiary/aromatic N) is 2. The Morgan fingerprint density at radius 1 is 1.45 bits per heavy atom. The molecule has 1 aromatic rings. The number of nitro benzene ring substituents is 1. The number of aryl methyl sites for hydroxylation is 1. The van der Waals surface area contributed by atoms with Crippen molar-refractivity contribution in [2.24, 2.45) is 0 Å². The molecule has 0 saturated carbocycles. The largest absolute Gasteiger partial charge is 0.480 e. The van der Waals surface area contributed by atoms with Gasteiger partial charge < -0.3 is 10.0 Å². The summed E-state index contributed by atoms with van der Waals surface area (Å²) in [5.41, 5.74) is 0.386. The minimum absolute atomic E-state index is 0.101. The van der Waals surface area contributed by atoms with Crippen molar-refractivity contribution in [3.05, 3.63) is 39.4 Å². The first kappa shape index (κ1) is 15.6. The number of benzene rings is 1. The van der Waals surface area contributed by atoms with E-state index in [1.807, 2.05) is 0 Å². The van der Waals surface area contributed by atoms with Crippen LogP contribution in [0.5, 0.6) is 0 Å². The van der Waals surface area contributed by atoms with Gasteiger partial charge in [0.1, 0.15) is 6.04 Å². The first-order chi connectivity index (χ1) is 9.29. The number of aliphatic carboxylic acids is 1. The first-order valence-electron chi connectivity index (χ1n) is 6.04. The summed E-state index contributed by atoms with van der Waals surface area (Å²) in [6.45, 7) is 3.22. The Morgan fingerprint density at radius 3 is 2.50 bits per heavy atom. The van der Waals surface area contributed by atoms with Gasteiger partial charge in [-0.15, -0.1) is 0 Å². The highest BCUT2D eigenvalue weighted by molar-refractivity contribution is 5.97. The normalized spacial score (nSPS) is 11.8. The van der Waals surface area contributed by atoms with Crippen molar-refractivity contribution < 1.29 is 19.6 Å². The van der Waals surface area contributed by atoms with E-state index in [0.717, 1.165) is 4.90 Å². The minimum atomic E-state index is -1.11. The van der Waals surface area contributed by atoms with E-state index >= 15 is 0 Å². The molecule has 0 aliphatic carbocycles. The summed E-state index contributed by atoms with van der Waals surface area (Å²) in [4.78, 5) is 34.6. The number of nitro groups is 1. The fourth-order valence-corrected chi connectivity index (χ4v) is 1.90. The molecule has 0 aliphatic rings. The number of hydrogen-bond donors (Lipinski definition) is 1. The van der Waals surface area contributed by atoms with Crippen molar-refractivity contribution in [3.8, 4) is 0 Å². The average molecular weight is 280 g/mol.